The van der Waals surface area contributed by atoms with E-state index in [1.54, 1.807) is 0 Å². The molecule has 4 N–H and O–H groups in total. The van der Waals surface area contributed by atoms with E-state index in [1.165, 1.54) is 0 Å². The lowest BCUT2D eigenvalue weighted by molar-refractivity contribution is 1.30. The number of nitrogen functional groups attached to an aromatic ring is 1. The molecule has 0 fully saturated rings. The summed E-state index contributed by atoms with van der Waals surface area (Å²) < 4.78 is 0.970. The smallest absolute Gasteiger partial charge is 0.0555 e. The van der Waals surface area contributed by atoms with Crippen LogP contribution in [0, 0.1) is 11.8 Å². The molecule has 1 rings (SSSR count). The van der Waals surface area contributed by atoms with Crippen molar-refractivity contribution in [3.8, 4) is 11.8 Å². The molecule has 0 aliphatic heterocycles. The van der Waals surface area contributed by atoms with E-state index in [9.17, 15) is 0 Å². The molecule has 1 aromatic carbocycles. The fraction of sp³-hybridized carbons (Fsp3) is 0.111. The van der Waals surface area contributed by atoms with Gasteiger partial charge >= 0.3 is 0 Å². The highest BCUT2D eigenvalue weighted by Gasteiger charge is 1.94. The highest BCUT2D eigenvalue weighted by Crippen LogP contribution is 2.16. The molecular formula is C9H9BrN2. The summed E-state index contributed by atoms with van der Waals surface area (Å²) in [5, 5.41) is 0. The largest absolute Gasteiger partial charge is 0.398 e. The Hall–Kier alpha value is -0.980. The van der Waals surface area contributed by atoms with E-state index in [0.717, 1.165) is 10.0 Å². The van der Waals surface area contributed by atoms with Gasteiger partial charge in [-0.25, -0.2) is 0 Å². The summed E-state index contributed by atoms with van der Waals surface area (Å²) in [6.07, 6.45) is 0. The number of rotatable bonds is 0. The predicted octanol–water partition coefficient (Wildman–Crippen LogP) is 1.34. The standard InChI is InChI=1S/C9H9BrN2/c10-8-3-4-9(12)7(6-8)2-1-5-11/h3-4,6H,5,11-12H2. The zero-order chi connectivity index (χ0) is 8.97. The Kier molecular flexibility index (Phi) is 3.15. The Morgan fingerprint density at radius 2 is 2.17 bits per heavy atom. The summed E-state index contributed by atoms with van der Waals surface area (Å²) in [6, 6.07) is 5.56. The molecule has 0 radical (unpaired) electrons. The van der Waals surface area contributed by atoms with Crippen LogP contribution in [0.5, 0.6) is 0 Å². The summed E-state index contributed by atoms with van der Waals surface area (Å²) in [6.45, 7) is 0.353. The average Bonchev–Trinajstić information content (AvgIpc) is 2.07. The molecule has 1 aromatic rings. The van der Waals surface area contributed by atoms with Gasteiger partial charge in [0.1, 0.15) is 0 Å². The number of hydrogen-bond donors (Lipinski definition) is 2. The van der Waals surface area contributed by atoms with Gasteiger partial charge in [0.15, 0.2) is 0 Å². The van der Waals surface area contributed by atoms with E-state index in [-0.39, 0.29) is 0 Å². The lowest BCUT2D eigenvalue weighted by atomic mass is 10.2. The minimum absolute atomic E-state index is 0.353. The van der Waals surface area contributed by atoms with Crippen LogP contribution in [0.3, 0.4) is 0 Å². The number of anilines is 1. The molecule has 0 aliphatic carbocycles. The van der Waals surface area contributed by atoms with Gasteiger partial charge in [-0.05, 0) is 18.2 Å². The molecule has 62 valence electrons. The van der Waals surface area contributed by atoms with Crippen molar-refractivity contribution in [2.45, 2.75) is 0 Å². The molecule has 0 atom stereocenters. The van der Waals surface area contributed by atoms with E-state index in [0.29, 0.717) is 12.2 Å². The van der Waals surface area contributed by atoms with Gasteiger partial charge in [0, 0.05) is 15.7 Å². The summed E-state index contributed by atoms with van der Waals surface area (Å²) in [4.78, 5) is 0. The Balaban J connectivity index is 3.05. The number of benzene rings is 1. The Bertz CT molecular complexity index is 336. The van der Waals surface area contributed by atoms with Gasteiger partial charge < -0.3 is 11.5 Å². The van der Waals surface area contributed by atoms with Crippen LogP contribution in [0.15, 0.2) is 22.7 Å². The van der Waals surface area contributed by atoms with Gasteiger partial charge in [0.05, 0.1) is 6.54 Å². The molecule has 0 unspecified atom stereocenters. The van der Waals surface area contributed by atoms with E-state index in [4.69, 9.17) is 11.5 Å². The van der Waals surface area contributed by atoms with E-state index in [2.05, 4.69) is 27.8 Å². The highest BCUT2D eigenvalue weighted by atomic mass is 79.9. The van der Waals surface area contributed by atoms with E-state index >= 15 is 0 Å². The van der Waals surface area contributed by atoms with Gasteiger partial charge in [-0.1, -0.05) is 27.8 Å². The summed E-state index contributed by atoms with van der Waals surface area (Å²) in [5.74, 6) is 5.63. The van der Waals surface area contributed by atoms with Crippen molar-refractivity contribution in [3.05, 3.63) is 28.2 Å². The van der Waals surface area contributed by atoms with Crippen molar-refractivity contribution in [1.29, 1.82) is 0 Å². The minimum atomic E-state index is 0.353. The molecule has 0 spiro atoms. The molecule has 0 aliphatic rings. The predicted molar refractivity (Wildman–Crippen MR) is 54.5 cm³/mol. The van der Waals surface area contributed by atoms with Crippen LogP contribution in [0.1, 0.15) is 5.56 Å². The van der Waals surface area contributed by atoms with Crippen LogP contribution < -0.4 is 11.5 Å². The summed E-state index contributed by atoms with van der Waals surface area (Å²) in [7, 11) is 0. The number of hydrogen-bond acceptors (Lipinski definition) is 2. The first kappa shape index (κ1) is 9.11. The Morgan fingerprint density at radius 3 is 2.83 bits per heavy atom. The molecule has 0 bridgehead atoms. The second-order valence-electron chi connectivity index (χ2n) is 2.24. The maximum atomic E-state index is 5.67. The van der Waals surface area contributed by atoms with Crippen LogP contribution in [-0.4, -0.2) is 6.54 Å². The average molecular weight is 225 g/mol. The maximum Gasteiger partial charge on any atom is 0.0555 e. The van der Waals surface area contributed by atoms with Crippen LogP contribution in [0.2, 0.25) is 0 Å². The lowest BCUT2D eigenvalue weighted by Crippen LogP contribution is -1.94. The highest BCUT2D eigenvalue weighted by molar-refractivity contribution is 9.10. The van der Waals surface area contributed by atoms with Crippen molar-refractivity contribution in [2.24, 2.45) is 5.73 Å². The van der Waals surface area contributed by atoms with Gasteiger partial charge in [-0.15, -0.1) is 0 Å². The van der Waals surface area contributed by atoms with Gasteiger partial charge in [0.2, 0.25) is 0 Å². The van der Waals surface area contributed by atoms with Crippen LogP contribution >= 0.6 is 15.9 Å². The zero-order valence-electron chi connectivity index (χ0n) is 6.47. The summed E-state index contributed by atoms with van der Waals surface area (Å²) in [5.41, 5.74) is 12.4. The number of nitrogens with two attached hydrogens (primary N) is 2. The molecule has 2 nitrogen and oxygen atoms in total. The molecule has 3 heteroatoms. The Morgan fingerprint density at radius 1 is 1.42 bits per heavy atom. The second kappa shape index (κ2) is 4.15. The molecule has 0 saturated carbocycles. The van der Waals surface area contributed by atoms with Crippen molar-refractivity contribution < 1.29 is 0 Å². The molecule has 0 heterocycles. The maximum absolute atomic E-state index is 5.67. The molecule has 0 saturated heterocycles. The third-order valence-electron chi connectivity index (χ3n) is 1.34. The Labute approximate surface area is 80.1 Å². The van der Waals surface area contributed by atoms with Gasteiger partial charge in [-0.2, -0.15) is 0 Å². The summed E-state index contributed by atoms with van der Waals surface area (Å²) >= 11 is 3.33. The first-order chi connectivity index (χ1) is 5.74. The molecule has 12 heavy (non-hydrogen) atoms. The SMILES string of the molecule is NCC#Cc1cc(Br)ccc1N. The van der Waals surface area contributed by atoms with Gasteiger partial charge in [-0.3, -0.25) is 0 Å². The van der Waals surface area contributed by atoms with Crippen molar-refractivity contribution >= 4 is 21.6 Å². The van der Waals surface area contributed by atoms with Crippen LogP contribution in [0.4, 0.5) is 5.69 Å². The molecular weight excluding hydrogens is 216 g/mol. The minimum Gasteiger partial charge on any atom is -0.398 e. The first-order valence-electron chi connectivity index (χ1n) is 3.48. The first-order valence-corrected chi connectivity index (χ1v) is 4.27. The number of halogens is 1. The molecule has 0 aromatic heterocycles. The van der Waals surface area contributed by atoms with E-state index < -0.39 is 0 Å². The normalized spacial score (nSPS) is 8.83. The lowest BCUT2D eigenvalue weighted by Gasteiger charge is -1.97. The van der Waals surface area contributed by atoms with Crippen molar-refractivity contribution in [2.75, 3.05) is 12.3 Å². The third kappa shape index (κ3) is 2.26. The van der Waals surface area contributed by atoms with Gasteiger partial charge in [0.25, 0.3) is 0 Å². The third-order valence-corrected chi connectivity index (χ3v) is 1.83. The van der Waals surface area contributed by atoms with E-state index in [1.807, 2.05) is 18.2 Å². The fourth-order valence-corrected chi connectivity index (χ4v) is 1.14. The quantitative estimate of drug-likeness (QED) is 0.517. The monoisotopic (exact) mass is 224 g/mol. The van der Waals surface area contributed by atoms with Crippen LogP contribution in [-0.2, 0) is 0 Å². The fourth-order valence-electron chi connectivity index (χ4n) is 0.783. The molecule has 0 amide bonds. The second-order valence-corrected chi connectivity index (χ2v) is 3.15. The van der Waals surface area contributed by atoms with Crippen molar-refractivity contribution in [3.63, 3.8) is 0 Å². The topological polar surface area (TPSA) is 52.0 Å². The van der Waals surface area contributed by atoms with Crippen LogP contribution in [0.25, 0.3) is 0 Å². The zero-order valence-corrected chi connectivity index (χ0v) is 8.06. The van der Waals surface area contributed by atoms with Crippen molar-refractivity contribution in [1.82, 2.24) is 0 Å².